The molecule has 3 aromatic rings. The highest BCUT2D eigenvalue weighted by atomic mass is 16.2. The summed E-state index contributed by atoms with van der Waals surface area (Å²) in [6.07, 6.45) is 6.99. The van der Waals surface area contributed by atoms with Gasteiger partial charge in [-0.3, -0.25) is 14.3 Å². The lowest BCUT2D eigenvalue weighted by Gasteiger charge is -2.32. The molecule has 0 saturated carbocycles. The first-order chi connectivity index (χ1) is 13.6. The third kappa shape index (κ3) is 3.86. The fourth-order valence-corrected chi connectivity index (χ4v) is 4.12. The highest BCUT2D eigenvalue weighted by Gasteiger charge is 2.23. The summed E-state index contributed by atoms with van der Waals surface area (Å²) < 4.78 is 3.94. The number of benzene rings is 1. The van der Waals surface area contributed by atoms with E-state index in [4.69, 9.17) is 0 Å². The fraction of sp³-hybridized carbons (Fsp3) is 0.409. The summed E-state index contributed by atoms with van der Waals surface area (Å²) in [5.41, 5.74) is 1.66. The number of carbonyl (C=O) groups is 1. The molecule has 3 heterocycles. The molecule has 0 unspecified atom stereocenters. The molecule has 146 valence electrons. The molecule has 6 nitrogen and oxygen atoms in total. The second-order valence-corrected chi connectivity index (χ2v) is 7.64. The Hall–Kier alpha value is -2.89. The van der Waals surface area contributed by atoms with Gasteiger partial charge in [0, 0.05) is 49.2 Å². The van der Waals surface area contributed by atoms with Crippen molar-refractivity contribution in [2.24, 2.45) is 5.92 Å². The van der Waals surface area contributed by atoms with Crippen LogP contribution in [-0.2, 0) is 17.9 Å². The summed E-state index contributed by atoms with van der Waals surface area (Å²) in [5.74, 6) is 0.769. The molecule has 0 N–H and O–H groups in total. The molecule has 1 amide bonds. The molecule has 1 aromatic carbocycles. The predicted molar refractivity (Wildman–Crippen MR) is 109 cm³/mol. The molecule has 0 atom stereocenters. The molecular formula is C22H26N4O2. The largest absolute Gasteiger partial charge is 0.341 e. The van der Waals surface area contributed by atoms with Gasteiger partial charge in [-0.1, -0.05) is 12.1 Å². The zero-order valence-corrected chi connectivity index (χ0v) is 16.3. The van der Waals surface area contributed by atoms with Crippen LogP contribution in [0.3, 0.4) is 0 Å². The highest BCUT2D eigenvalue weighted by Crippen LogP contribution is 2.22. The van der Waals surface area contributed by atoms with Crippen molar-refractivity contribution in [2.45, 2.75) is 39.3 Å². The first-order valence-corrected chi connectivity index (χ1v) is 9.96. The zero-order chi connectivity index (χ0) is 19.5. The van der Waals surface area contributed by atoms with Crippen molar-refractivity contribution in [2.75, 3.05) is 13.1 Å². The van der Waals surface area contributed by atoms with E-state index in [1.165, 1.54) is 0 Å². The Morgan fingerprint density at radius 1 is 1.18 bits per heavy atom. The number of carbonyl (C=O) groups excluding carboxylic acids is 1. The summed E-state index contributed by atoms with van der Waals surface area (Å²) in [5, 5.41) is 4.92. The second kappa shape index (κ2) is 8.00. The van der Waals surface area contributed by atoms with Crippen molar-refractivity contribution in [3.63, 3.8) is 0 Å². The minimum atomic E-state index is 0.00907. The van der Waals surface area contributed by atoms with Crippen LogP contribution in [0.1, 0.15) is 25.0 Å². The van der Waals surface area contributed by atoms with Gasteiger partial charge in [-0.05, 0) is 50.3 Å². The lowest BCUT2D eigenvalue weighted by molar-refractivity contribution is -0.133. The number of piperidine rings is 1. The van der Waals surface area contributed by atoms with Crippen molar-refractivity contribution in [1.29, 1.82) is 0 Å². The molecule has 0 spiro atoms. The van der Waals surface area contributed by atoms with Crippen molar-refractivity contribution in [1.82, 2.24) is 19.2 Å². The topological polar surface area (TPSA) is 60.1 Å². The van der Waals surface area contributed by atoms with E-state index in [1.807, 2.05) is 63.8 Å². The smallest absolute Gasteiger partial charge is 0.242 e. The van der Waals surface area contributed by atoms with Crippen LogP contribution in [0.2, 0.25) is 0 Å². The first kappa shape index (κ1) is 18.5. The maximum absolute atomic E-state index is 12.9. The van der Waals surface area contributed by atoms with Crippen molar-refractivity contribution in [3.05, 3.63) is 64.7 Å². The molecule has 0 bridgehead atoms. The zero-order valence-electron chi connectivity index (χ0n) is 16.3. The number of aromatic nitrogens is 3. The number of para-hydroxylation sites is 1. The van der Waals surface area contributed by atoms with E-state index < -0.39 is 0 Å². The molecule has 0 aliphatic carbocycles. The highest BCUT2D eigenvalue weighted by molar-refractivity contribution is 5.82. The maximum Gasteiger partial charge on any atom is 0.242 e. The second-order valence-electron chi connectivity index (χ2n) is 7.64. The number of amides is 1. The first-order valence-electron chi connectivity index (χ1n) is 9.96. The summed E-state index contributed by atoms with van der Waals surface area (Å²) >= 11 is 0. The average Bonchev–Trinajstić information content (AvgIpc) is 3.23. The Kier molecular flexibility index (Phi) is 5.28. The van der Waals surface area contributed by atoms with E-state index in [-0.39, 0.29) is 17.9 Å². The molecule has 1 aliphatic heterocycles. The molecular weight excluding hydrogens is 352 g/mol. The predicted octanol–water partition coefficient (Wildman–Crippen LogP) is 2.84. The van der Waals surface area contributed by atoms with Crippen LogP contribution < -0.4 is 5.43 Å². The number of fused-ring (bicyclic) bond motifs is 1. The number of hydrogen-bond acceptors (Lipinski definition) is 3. The lowest BCUT2D eigenvalue weighted by atomic mass is 9.93. The van der Waals surface area contributed by atoms with Crippen LogP contribution >= 0.6 is 0 Å². The molecule has 1 fully saturated rings. The molecule has 2 aromatic heterocycles. The Morgan fingerprint density at radius 3 is 2.71 bits per heavy atom. The van der Waals surface area contributed by atoms with Gasteiger partial charge < -0.3 is 9.47 Å². The van der Waals surface area contributed by atoms with Crippen LogP contribution in [0.15, 0.2) is 53.6 Å². The van der Waals surface area contributed by atoms with Crippen LogP contribution in [0.4, 0.5) is 0 Å². The van der Waals surface area contributed by atoms with Crippen LogP contribution in [0.25, 0.3) is 10.9 Å². The minimum absolute atomic E-state index is 0.00907. The van der Waals surface area contributed by atoms with Gasteiger partial charge >= 0.3 is 0 Å². The van der Waals surface area contributed by atoms with Gasteiger partial charge in [0.2, 0.25) is 5.91 Å². The number of aryl methyl sites for hydroxylation is 2. The normalized spacial score (nSPS) is 15.2. The van der Waals surface area contributed by atoms with Crippen molar-refractivity contribution in [3.8, 4) is 0 Å². The number of nitrogens with zero attached hydrogens (tertiary/aromatic N) is 4. The van der Waals surface area contributed by atoms with E-state index >= 15 is 0 Å². The van der Waals surface area contributed by atoms with Crippen LogP contribution in [0.5, 0.6) is 0 Å². The molecule has 1 aliphatic rings. The SMILES string of the molecule is Cc1cc(=O)c2ccccc2n1CC(=O)N1CCC(CCn2cccn2)CC1. The summed E-state index contributed by atoms with van der Waals surface area (Å²) in [7, 11) is 0. The van der Waals surface area contributed by atoms with Gasteiger partial charge in [0.1, 0.15) is 6.54 Å². The van der Waals surface area contributed by atoms with Gasteiger partial charge in [-0.15, -0.1) is 0 Å². The quantitative estimate of drug-likeness (QED) is 0.686. The molecule has 4 rings (SSSR count). The van der Waals surface area contributed by atoms with E-state index in [1.54, 1.807) is 6.07 Å². The number of pyridine rings is 1. The summed E-state index contributed by atoms with van der Waals surface area (Å²) in [6.45, 7) is 4.72. The lowest BCUT2D eigenvalue weighted by Crippen LogP contribution is -2.40. The molecule has 0 radical (unpaired) electrons. The van der Waals surface area contributed by atoms with Gasteiger partial charge in [-0.2, -0.15) is 5.10 Å². The van der Waals surface area contributed by atoms with Crippen LogP contribution in [-0.4, -0.2) is 38.2 Å². The summed E-state index contributed by atoms with van der Waals surface area (Å²) in [4.78, 5) is 27.1. The summed E-state index contributed by atoms with van der Waals surface area (Å²) in [6, 6.07) is 11.1. The minimum Gasteiger partial charge on any atom is -0.341 e. The number of rotatable bonds is 5. The van der Waals surface area contributed by atoms with Crippen molar-refractivity contribution < 1.29 is 4.79 Å². The van der Waals surface area contributed by atoms with Crippen molar-refractivity contribution >= 4 is 16.8 Å². The number of hydrogen-bond donors (Lipinski definition) is 0. The monoisotopic (exact) mass is 378 g/mol. The van der Waals surface area contributed by atoms with Gasteiger partial charge in [0.05, 0.1) is 5.52 Å². The van der Waals surface area contributed by atoms with Crippen LogP contribution in [0, 0.1) is 12.8 Å². The number of likely N-dealkylation sites (tertiary alicyclic amines) is 1. The Labute approximate surface area is 164 Å². The van der Waals surface area contributed by atoms with Gasteiger partial charge in [0.15, 0.2) is 5.43 Å². The fourth-order valence-electron chi connectivity index (χ4n) is 4.12. The molecule has 1 saturated heterocycles. The maximum atomic E-state index is 12.9. The Bertz CT molecular complexity index is 1010. The van der Waals surface area contributed by atoms with Gasteiger partial charge in [-0.25, -0.2) is 0 Å². The Balaban J connectivity index is 1.39. The van der Waals surface area contributed by atoms with E-state index in [2.05, 4.69) is 5.10 Å². The van der Waals surface area contributed by atoms with E-state index in [0.717, 1.165) is 50.1 Å². The average molecular weight is 378 g/mol. The van der Waals surface area contributed by atoms with E-state index in [0.29, 0.717) is 11.3 Å². The third-order valence-corrected chi connectivity index (χ3v) is 5.81. The van der Waals surface area contributed by atoms with E-state index in [9.17, 15) is 9.59 Å². The molecule has 6 heteroatoms. The standard InChI is InChI=1S/C22H26N4O2/c1-17-15-21(27)19-5-2-3-6-20(19)26(17)16-22(28)24-12-7-18(8-13-24)9-14-25-11-4-10-23-25/h2-6,10-11,15,18H,7-9,12-14,16H2,1H3. The van der Waals surface area contributed by atoms with Gasteiger partial charge in [0.25, 0.3) is 0 Å². The Morgan fingerprint density at radius 2 is 1.96 bits per heavy atom. The third-order valence-electron chi connectivity index (χ3n) is 5.81. The molecule has 28 heavy (non-hydrogen) atoms.